The third kappa shape index (κ3) is 2.37. The van der Waals surface area contributed by atoms with E-state index in [1.54, 1.807) is 7.11 Å². The molecule has 164 valence electrons. The Labute approximate surface area is 182 Å². The van der Waals surface area contributed by atoms with Gasteiger partial charge in [0.1, 0.15) is 0 Å². The first-order chi connectivity index (χ1) is 14.9. The summed E-state index contributed by atoms with van der Waals surface area (Å²) in [6.07, 6.45) is 7.87. The third-order valence-electron chi connectivity index (χ3n) is 8.56. The summed E-state index contributed by atoms with van der Waals surface area (Å²) in [6.45, 7) is 3.38. The lowest BCUT2D eigenvalue weighted by Crippen LogP contribution is -2.56. The largest absolute Gasteiger partial charge is 0.493 e. The predicted molar refractivity (Wildman–Crippen MR) is 114 cm³/mol. The summed E-state index contributed by atoms with van der Waals surface area (Å²) in [5.41, 5.74) is 2.91. The molecule has 1 N–H and O–H groups in total. The molecule has 3 saturated carbocycles. The standard InChI is InChI=1S/C25H29NO5/c1-24-12-25-15(22(24)26-11-13-4-5-13)7-8-16(27)23(25)31-21-17(29-2)10-14(19(24)20(21)25)6-9-18(28)30-3/h6,9-10,13,15,22-23,26H,4-5,7-8,11-12H2,1-3H3/b9-6+/t15?,22?,23-,24?,25-/m1/s1. The van der Waals surface area contributed by atoms with Gasteiger partial charge in [-0.05, 0) is 67.3 Å². The number of nitrogens with one attached hydrogen (secondary N) is 1. The van der Waals surface area contributed by atoms with Crippen LogP contribution in [0.1, 0.15) is 55.7 Å². The van der Waals surface area contributed by atoms with Crippen LogP contribution in [0.15, 0.2) is 12.1 Å². The van der Waals surface area contributed by atoms with Gasteiger partial charge in [0.2, 0.25) is 0 Å². The van der Waals surface area contributed by atoms with E-state index in [9.17, 15) is 9.59 Å². The molecular formula is C25H29NO5. The van der Waals surface area contributed by atoms with Gasteiger partial charge in [-0.3, -0.25) is 4.79 Å². The second-order valence-electron chi connectivity index (χ2n) is 10.2. The monoisotopic (exact) mass is 423 g/mol. The molecule has 5 aliphatic rings. The van der Waals surface area contributed by atoms with Crippen molar-refractivity contribution in [1.29, 1.82) is 0 Å². The molecule has 1 aliphatic heterocycles. The van der Waals surface area contributed by atoms with Gasteiger partial charge in [0, 0.05) is 34.9 Å². The summed E-state index contributed by atoms with van der Waals surface area (Å²) in [5.74, 6) is 2.35. The van der Waals surface area contributed by atoms with Crippen LogP contribution < -0.4 is 14.8 Å². The molecule has 1 aromatic carbocycles. The smallest absolute Gasteiger partial charge is 0.330 e. The van der Waals surface area contributed by atoms with E-state index in [0.29, 0.717) is 24.1 Å². The molecule has 4 aliphatic carbocycles. The molecule has 1 spiro atoms. The van der Waals surface area contributed by atoms with Gasteiger partial charge >= 0.3 is 5.97 Å². The summed E-state index contributed by atoms with van der Waals surface area (Å²) in [6, 6.07) is 2.25. The highest BCUT2D eigenvalue weighted by Gasteiger charge is 2.75. The van der Waals surface area contributed by atoms with Crippen LogP contribution in [0.4, 0.5) is 0 Å². The van der Waals surface area contributed by atoms with E-state index in [0.717, 1.165) is 42.2 Å². The van der Waals surface area contributed by atoms with Gasteiger partial charge in [0.15, 0.2) is 23.4 Å². The zero-order valence-electron chi connectivity index (χ0n) is 18.3. The average molecular weight is 424 g/mol. The van der Waals surface area contributed by atoms with E-state index >= 15 is 0 Å². The van der Waals surface area contributed by atoms with Gasteiger partial charge in [-0.15, -0.1) is 0 Å². The molecule has 0 saturated heterocycles. The topological polar surface area (TPSA) is 73.9 Å². The second-order valence-corrected chi connectivity index (χ2v) is 10.2. The summed E-state index contributed by atoms with van der Waals surface area (Å²) in [5, 5.41) is 3.93. The van der Waals surface area contributed by atoms with E-state index in [1.165, 1.54) is 31.6 Å². The molecule has 5 atom stereocenters. The van der Waals surface area contributed by atoms with E-state index in [1.807, 2.05) is 12.1 Å². The molecule has 31 heavy (non-hydrogen) atoms. The highest BCUT2D eigenvalue weighted by atomic mass is 16.5. The molecule has 6 heteroatoms. The molecule has 0 aromatic heterocycles. The van der Waals surface area contributed by atoms with Crippen LogP contribution in [0.25, 0.3) is 6.08 Å². The molecule has 3 unspecified atom stereocenters. The number of hydrogen-bond acceptors (Lipinski definition) is 6. The lowest BCUT2D eigenvalue weighted by molar-refractivity contribution is -0.135. The first-order valence-corrected chi connectivity index (χ1v) is 11.4. The average Bonchev–Trinajstić information content (AvgIpc) is 3.40. The molecule has 1 heterocycles. The Morgan fingerprint density at radius 1 is 1.29 bits per heavy atom. The van der Waals surface area contributed by atoms with E-state index in [-0.39, 0.29) is 22.6 Å². The van der Waals surface area contributed by atoms with Crippen molar-refractivity contribution in [3.8, 4) is 11.5 Å². The van der Waals surface area contributed by atoms with Gasteiger partial charge in [0.05, 0.1) is 14.2 Å². The summed E-state index contributed by atoms with van der Waals surface area (Å²) >= 11 is 0. The maximum absolute atomic E-state index is 13.1. The number of hydrogen-bond donors (Lipinski definition) is 1. The summed E-state index contributed by atoms with van der Waals surface area (Å²) in [4.78, 5) is 24.9. The van der Waals surface area contributed by atoms with Crippen molar-refractivity contribution < 1.29 is 23.8 Å². The third-order valence-corrected chi connectivity index (χ3v) is 8.56. The Bertz CT molecular complexity index is 1030. The second kappa shape index (κ2) is 6.35. The molecule has 0 radical (unpaired) electrons. The maximum atomic E-state index is 13.1. The Hall–Kier alpha value is -2.34. The number of fused-ring (bicyclic) bond motifs is 2. The van der Waals surface area contributed by atoms with E-state index in [4.69, 9.17) is 14.2 Å². The van der Waals surface area contributed by atoms with Gasteiger partial charge < -0.3 is 19.5 Å². The Kier molecular flexibility index (Phi) is 3.96. The normalized spacial score (nSPS) is 36.6. The quantitative estimate of drug-likeness (QED) is 0.560. The molecular weight excluding hydrogens is 394 g/mol. The van der Waals surface area contributed by atoms with Crippen LogP contribution in [0.2, 0.25) is 0 Å². The van der Waals surface area contributed by atoms with Gasteiger partial charge in [-0.1, -0.05) is 6.92 Å². The number of benzene rings is 1. The Morgan fingerprint density at radius 3 is 2.81 bits per heavy atom. The molecule has 6 nitrogen and oxygen atoms in total. The highest BCUT2D eigenvalue weighted by molar-refractivity contribution is 5.92. The minimum Gasteiger partial charge on any atom is -0.493 e. The summed E-state index contributed by atoms with van der Waals surface area (Å²) < 4.78 is 16.9. The van der Waals surface area contributed by atoms with E-state index in [2.05, 4.69) is 12.2 Å². The fourth-order valence-electron chi connectivity index (χ4n) is 7.28. The number of ketones is 1. The van der Waals surface area contributed by atoms with Crippen LogP contribution in [-0.4, -0.2) is 44.7 Å². The number of rotatable bonds is 6. The SMILES string of the molecule is COC(=O)/C=C/c1cc(OC)c2c3c1C1(C)C[C@@]34C(CCC(=O)[C@H]4O2)C1NCC1CC1. The van der Waals surface area contributed by atoms with Crippen LogP contribution >= 0.6 is 0 Å². The zero-order chi connectivity index (χ0) is 21.5. The van der Waals surface area contributed by atoms with Crippen molar-refractivity contribution in [3.05, 3.63) is 28.8 Å². The number of methoxy groups -OCH3 is 2. The van der Waals surface area contributed by atoms with Gasteiger partial charge in [0.25, 0.3) is 0 Å². The lowest BCUT2D eigenvalue weighted by Gasteiger charge is -2.45. The maximum Gasteiger partial charge on any atom is 0.330 e. The molecule has 3 fully saturated rings. The van der Waals surface area contributed by atoms with Crippen molar-refractivity contribution in [2.75, 3.05) is 20.8 Å². The summed E-state index contributed by atoms with van der Waals surface area (Å²) in [7, 11) is 3.01. The predicted octanol–water partition coefficient (Wildman–Crippen LogP) is 2.90. The Morgan fingerprint density at radius 2 is 2.10 bits per heavy atom. The molecule has 0 amide bonds. The number of ether oxygens (including phenoxy) is 3. The number of esters is 1. The van der Waals surface area contributed by atoms with Crippen LogP contribution in [-0.2, 0) is 25.2 Å². The fourth-order valence-corrected chi connectivity index (χ4v) is 7.28. The van der Waals surface area contributed by atoms with Crippen molar-refractivity contribution >= 4 is 17.8 Å². The Balaban J connectivity index is 1.56. The minimum atomic E-state index is -0.428. The first kappa shape index (κ1) is 19.4. The lowest BCUT2D eigenvalue weighted by atomic mass is 9.60. The van der Waals surface area contributed by atoms with Crippen molar-refractivity contribution in [1.82, 2.24) is 5.32 Å². The number of Topliss-reactive ketones (excluding diaryl/α,β-unsaturated/α-hetero) is 1. The molecule has 2 bridgehead atoms. The minimum absolute atomic E-state index is 0.127. The number of carbonyl (C=O) groups excluding carboxylic acids is 2. The molecule has 6 rings (SSSR count). The van der Waals surface area contributed by atoms with Crippen molar-refractivity contribution in [3.63, 3.8) is 0 Å². The van der Waals surface area contributed by atoms with Gasteiger partial charge in [-0.2, -0.15) is 0 Å². The fraction of sp³-hybridized carbons (Fsp3) is 0.600. The van der Waals surface area contributed by atoms with Crippen LogP contribution in [0, 0.1) is 11.8 Å². The van der Waals surface area contributed by atoms with Crippen LogP contribution in [0.3, 0.4) is 0 Å². The molecule has 1 aromatic rings. The number of carbonyl (C=O) groups is 2. The first-order valence-electron chi connectivity index (χ1n) is 11.4. The van der Waals surface area contributed by atoms with E-state index < -0.39 is 6.10 Å². The zero-order valence-corrected chi connectivity index (χ0v) is 18.3. The van der Waals surface area contributed by atoms with Crippen molar-refractivity contribution in [2.24, 2.45) is 11.8 Å². The highest BCUT2D eigenvalue weighted by Crippen LogP contribution is 2.73. The van der Waals surface area contributed by atoms with Gasteiger partial charge in [-0.25, -0.2) is 4.79 Å². The van der Waals surface area contributed by atoms with Crippen LogP contribution in [0.5, 0.6) is 11.5 Å². The van der Waals surface area contributed by atoms with Crippen molar-refractivity contribution in [2.45, 2.75) is 62.0 Å².